The van der Waals surface area contributed by atoms with Crippen LogP contribution in [0.2, 0.25) is 0 Å². The second-order valence-corrected chi connectivity index (χ2v) is 4.62. The van der Waals surface area contributed by atoms with Gasteiger partial charge in [-0.05, 0) is 26.2 Å². The van der Waals surface area contributed by atoms with Crippen LogP contribution in [-0.4, -0.2) is 30.0 Å². The maximum atomic E-state index is 12.7. The van der Waals surface area contributed by atoms with Gasteiger partial charge in [0.1, 0.15) is 0 Å². The Bertz CT molecular complexity index is 208. The minimum Gasteiger partial charge on any atom is -0.396 e. The van der Waals surface area contributed by atoms with Crippen molar-refractivity contribution < 1.29 is 18.3 Å². The van der Waals surface area contributed by atoms with E-state index in [1.165, 1.54) is 0 Å². The van der Waals surface area contributed by atoms with Crippen molar-refractivity contribution in [3.05, 3.63) is 0 Å². The van der Waals surface area contributed by atoms with Gasteiger partial charge in [-0.25, -0.2) is 0 Å². The summed E-state index contributed by atoms with van der Waals surface area (Å²) in [5.74, 6) is -1.22. The van der Waals surface area contributed by atoms with E-state index >= 15 is 0 Å². The van der Waals surface area contributed by atoms with Crippen molar-refractivity contribution in [1.82, 2.24) is 5.32 Å². The summed E-state index contributed by atoms with van der Waals surface area (Å²) >= 11 is 0. The second-order valence-electron chi connectivity index (χ2n) is 4.62. The SMILES string of the molecule is CC(CCO)NC1CCCCC1C(F)(F)F. The third kappa shape index (κ3) is 3.94. The zero-order chi connectivity index (χ0) is 12.2. The number of hydrogen-bond acceptors (Lipinski definition) is 2. The Morgan fingerprint density at radius 1 is 1.31 bits per heavy atom. The molecule has 1 aliphatic carbocycles. The van der Waals surface area contributed by atoms with Gasteiger partial charge in [0.05, 0.1) is 5.92 Å². The van der Waals surface area contributed by atoms with E-state index in [1.54, 1.807) is 0 Å². The zero-order valence-corrected chi connectivity index (χ0v) is 9.56. The van der Waals surface area contributed by atoms with E-state index in [-0.39, 0.29) is 19.1 Å². The fourth-order valence-corrected chi connectivity index (χ4v) is 2.36. The van der Waals surface area contributed by atoms with Gasteiger partial charge >= 0.3 is 6.18 Å². The summed E-state index contributed by atoms with van der Waals surface area (Å²) in [7, 11) is 0. The fraction of sp³-hybridized carbons (Fsp3) is 1.00. The Morgan fingerprint density at radius 2 is 1.94 bits per heavy atom. The summed E-state index contributed by atoms with van der Waals surface area (Å²) in [6.07, 6.45) is -1.27. The largest absolute Gasteiger partial charge is 0.396 e. The summed E-state index contributed by atoms with van der Waals surface area (Å²) < 4.78 is 38.2. The van der Waals surface area contributed by atoms with Crippen LogP contribution in [0.5, 0.6) is 0 Å². The molecule has 0 saturated heterocycles. The first kappa shape index (κ1) is 13.8. The van der Waals surface area contributed by atoms with Crippen molar-refractivity contribution in [3.8, 4) is 0 Å². The van der Waals surface area contributed by atoms with Crippen LogP contribution >= 0.6 is 0 Å². The molecule has 96 valence electrons. The molecule has 0 aromatic rings. The van der Waals surface area contributed by atoms with Crippen LogP contribution in [0.3, 0.4) is 0 Å². The van der Waals surface area contributed by atoms with Crippen molar-refractivity contribution in [2.24, 2.45) is 5.92 Å². The molecule has 0 amide bonds. The predicted molar refractivity (Wildman–Crippen MR) is 56.1 cm³/mol. The number of alkyl halides is 3. The molecular formula is C11H20F3NO. The molecule has 2 N–H and O–H groups in total. The van der Waals surface area contributed by atoms with E-state index in [1.807, 2.05) is 6.92 Å². The van der Waals surface area contributed by atoms with Gasteiger partial charge in [-0.3, -0.25) is 0 Å². The van der Waals surface area contributed by atoms with Gasteiger partial charge in [0.2, 0.25) is 0 Å². The standard InChI is InChI=1S/C11H20F3NO/c1-8(6-7-16)15-10-5-3-2-4-9(10)11(12,13)14/h8-10,15-16H,2-7H2,1H3. The summed E-state index contributed by atoms with van der Waals surface area (Å²) in [4.78, 5) is 0. The molecule has 1 aliphatic rings. The third-order valence-electron chi connectivity index (χ3n) is 3.25. The Kier molecular flexibility index (Phi) is 5.05. The number of aliphatic hydroxyl groups is 1. The first-order chi connectivity index (χ1) is 7.45. The molecule has 16 heavy (non-hydrogen) atoms. The Labute approximate surface area is 94.2 Å². The highest BCUT2D eigenvalue weighted by Crippen LogP contribution is 2.37. The predicted octanol–water partition coefficient (Wildman–Crippen LogP) is 2.47. The topological polar surface area (TPSA) is 32.3 Å². The normalized spacial score (nSPS) is 29.1. The summed E-state index contributed by atoms with van der Waals surface area (Å²) in [5, 5.41) is 11.7. The quantitative estimate of drug-likeness (QED) is 0.790. The van der Waals surface area contributed by atoms with E-state index < -0.39 is 18.1 Å². The molecule has 0 radical (unpaired) electrons. The van der Waals surface area contributed by atoms with E-state index in [4.69, 9.17) is 5.11 Å². The average Bonchev–Trinajstić information content (AvgIpc) is 2.17. The minimum atomic E-state index is -4.10. The molecule has 1 saturated carbocycles. The zero-order valence-electron chi connectivity index (χ0n) is 9.56. The van der Waals surface area contributed by atoms with Crippen molar-refractivity contribution in [2.75, 3.05) is 6.61 Å². The molecule has 0 heterocycles. The van der Waals surface area contributed by atoms with Crippen LogP contribution in [0.25, 0.3) is 0 Å². The molecular weight excluding hydrogens is 219 g/mol. The van der Waals surface area contributed by atoms with E-state index in [9.17, 15) is 13.2 Å². The van der Waals surface area contributed by atoms with Crippen LogP contribution in [0.1, 0.15) is 39.0 Å². The Balaban J connectivity index is 2.53. The van der Waals surface area contributed by atoms with Gasteiger partial charge in [-0.1, -0.05) is 12.8 Å². The van der Waals surface area contributed by atoms with Crippen molar-refractivity contribution >= 4 is 0 Å². The lowest BCUT2D eigenvalue weighted by atomic mass is 9.83. The highest BCUT2D eigenvalue weighted by Gasteiger charge is 2.45. The summed E-state index contributed by atoms with van der Waals surface area (Å²) in [6.45, 7) is 1.83. The first-order valence-electron chi connectivity index (χ1n) is 5.88. The van der Waals surface area contributed by atoms with Gasteiger partial charge in [-0.15, -0.1) is 0 Å². The van der Waals surface area contributed by atoms with E-state index in [0.29, 0.717) is 19.3 Å². The maximum Gasteiger partial charge on any atom is 0.393 e. The van der Waals surface area contributed by atoms with E-state index in [0.717, 1.165) is 6.42 Å². The van der Waals surface area contributed by atoms with Gasteiger partial charge in [0, 0.05) is 18.7 Å². The van der Waals surface area contributed by atoms with Gasteiger partial charge in [-0.2, -0.15) is 13.2 Å². The summed E-state index contributed by atoms with van der Waals surface area (Å²) in [6, 6.07) is -0.534. The fourth-order valence-electron chi connectivity index (χ4n) is 2.36. The molecule has 2 nitrogen and oxygen atoms in total. The van der Waals surface area contributed by atoms with Gasteiger partial charge < -0.3 is 10.4 Å². The van der Waals surface area contributed by atoms with Gasteiger partial charge in [0.25, 0.3) is 0 Å². The molecule has 0 bridgehead atoms. The molecule has 3 unspecified atom stereocenters. The van der Waals surface area contributed by atoms with Crippen LogP contribution in [0, 0.1) is 5.92 Å². The molecule has 5 heteroatoms. The van der Waals surface area contributed by atoms with Crippen molar-refractivity contribution in [1.29, 1.82) is 0 Å². The number of halogens is 3. The van der Waals surface area contributed by atoms with Crippen molar-refractivity contribution in [2.45, 2.75) is 57.3 Å². The van der Waals surface area contributed by atoms with Crippen LogP contribution in [0.15, 0.2) is 0 Å². The van der Waals surface area contributed by atoms with Crippen LogP contribution < -0.4 is 5.32 Å². The number of aliphatic hydroxyl groups excluding tert-OH is 1. The highest BCUT2D eigenvalue weighted by atomic mass is 19.4. The van der Waals surface area contributed by atoms with Crippen molar-refractivity contribution in [3.63, 3.8) is 0 Å². The highest BCUT2D eigenvalue weighted by molar-refractivity contribution is 4.86. The smallest absolute Gasteiger partial charge is 0.393 e. The average molecular weight is 239 g/mol. The summed E-state index contributed by atoms with van der Waals surface area (Å²) in [5.41, 5.74) is 0. The molecule has 1 rings (SSSR count). The molecule has 3 atom stereocenters. The molecule has 0 aliphatic heterocycles. The Hall–Kier alpha value is -0.290. The number of rotatable bonds is 4. The van der Waals surface area contributed by atoms with Crippen LogP contribution in [-0.2, 0) is 0 Å². The third-order valence-corrected chi connectivity index (χ3v) is 3.25. The second kappa shape index (κ2) is 5.87. The number of nitrogens with one attached hydrogen (secondary N) is 1. The molecule has 1 fully saturated rings. The van der Waals surface area contributed by atoms with Crippen LogP contribution in [0.4, 0.5) is 13.2 Å². The first-order valence-corrected chi connectivity index (χ1v) is 5.88. The number of hydrogen-bond donors (Lipinski definition) is 2. The van der Waals surface area contributed by atoms with E-state index in [2.05, 4.69) is 5.32 Å². The molecule has 0 aromatic carbocycles. The molecule has 0 spiro atoms. The monoisotopic (exact) mass is 239 g/mol. The lowest BCUT2D eigenvalue weighted by Gasteiger charge is -2.35. The maximum absolute atomic E-state index is 12.7. The van der Waals surface area contributed by atoms with Gasteiger partial charge in [0.15, 0.2) is 0 Å². The lowest BCUT2D eigenvalue weighted by Crippen LogP contribution is -2.48. The minimum absolute atomic E-state index is 0.0115. The Morgan fingerprint density at radius 3 is 2.50 bits per heavy atom. The molecule has 0 aromatic heterocycles. The lowest BCUT2D eigenvalue weighted by molar-refractivity contribution is -0.189.